The molecule has 0 bridgehead atoms. The summed E-state index contributed by atoms with van der Waals surface area (Å²) in [5.74, 6) is -0.354. The minimum absolute atomic E-state index is 0.000619. The molecule has 37 heavy (non-hydrogen) atoms. The van der Waals surface area contributed by atoms with E-state index < -0.39 is 27.0 Å². The van der Waals surface area contributed by atoms with Crippen LogP contribution in [0.2, 0.25) is 0 Å². The number of hydrogen-bond donors (Lipinski definition) is 0. The molecule has 4 rings (SSSR count). The molecule has 190 valence electrons. The molecule has 0 aliphatic heterocycles. The van der Waals surface area contributed by atoms with E-state index in [1.807, 2.05) is 36.4 Å². The fourth-order valence-corrected chi connectivity index (χ4v) is 4.07. The number of hydrogen-bond acceptors (Lipinski definition) is 8. The molecule has 1 heterocycles. The number of carbonyl (C=O) groups is 1. The van der Waals surface area contributed by atoms with Gasteiger partial charge in [-0.15, -0.1) is 0 Å². The first-order valence-electron chi connectivity index (χ1n) is 11.6. The van der Waals surface area contributed by atoms with Crippen molar-refractivity contribution in [2.24, 2.45) is 0 Å². The number of rotatable bonds is 11. The molecule has 0 atom stereocenters. The number of methoxy groups -OCH3 is 1. The lowest BCUT2D eigenvalue weighted by Gasteiger charge is -2.12. The Bertz CT molecular complexity index is 1440. The summed E-state index contributed by atoms with van der Waals surface area (Å²) in [4.78, 5) is 38.8. The van der Waals surface area contributed by atoms with Crippen LogP contribution in [-0.4, -0.2) is 39.1 Å². The molecule has 11 nitrogen and oxygen atoms in total. The molecule has 0 saturated heterocycles. The van der Waals surface area contributed by atoms with Gasteiger partial charge in [0.2, 0.25) is 0 Å². The zero-order valence-electron chi connectivity index (χ0n) is 20.0. The van der Waals surface area contributed by atoms with Crippen LogP contribution in [0.15, 0.2) is 66.7 Å². The van der Waals surface area contributed by atoms with E-state index in [-0.39, 0.29) is 30.0 Å². The van der Waals surface area contributed by atoms with Gasteiger partial charge in [0.05, 0.1) is 23.6 Å². The summed E-state index contributed by atoms with van der Waals surface area (Å²) < 4.78 is 11.9. The fourth-order valence-electron chi connectivity index (χ4n) is 4.07. The quantitative estimate of drug-likeness (QED) is 0.111. The highest BCUT2D eigenvalue weighted by Crippen LogP contribution is 2.45. The molecular formula is C26H24N4O7. The molecule has 0 aliphatic rings. The first-order valence-corrected chi connectivity index (χ1v) is 11.6. The van der Waals surface area contributed by atoms with Crippen LogP contribution in [-0.2, 0) is 9.53 Å². The summed E-state index contributed by atoms with van der Waals surface area (Å²) >= 11 is 0. The van der Waals surface area contributed by atoms with E-state index in [0.29, 0.717) is 36.3 Å². The fraction of sp³-hybridized carbons (Fsp3) is 0.231. The van der Waals surface area contributed by atoms with Gasteiger partial charge >= 0.3 is 17.3 Å². The number of nitro benzene ring substituents is 2. The van der Waals surface area contributed by atoms with Crippen molar-refractivity contribution < 1.29 is 24.1 Å². The molecule has 0 radical (unpaired) electrons. The minimum atomic E-state index is -0.706. The molecule has 0 fully saturated rings. The van der Waals surface area contributed by atoms with E-state index in [0.717, 1.165) is 0 Å². The molecule has 0 N–H and O–H groups in total. The zero-order chi connectivity index (χ0) is 26.4. The Labute approximate surface area is 211 Å². The summed E-state index contributed by atoms with van der Waals surface area (Å²) in [5.41, 5.74) is 0.429. The number of ether oxygens (including phenoxy) is 2. The van der Waals surface area contributed by atoms with E-state index in [4.69, 9.17) is 4.74 Å². The number of para-hydroxylation sites is 1. The smallest absolute Gasteiger partial charge is 0.344 e. The second kappa shape index (κ2) is 11.3. The maximum absolute atomic E-state index is 12.4. The summed E-state index contributed by atoms with van der Waals surface area (Å²) in [6.45, 7) is -0.000619. The highest BCUT2D eigenvalue weighted by molar-refractivity contribution is 5.96. The van der Waals surface area contributed by atoms with E-state index in [1.54, 1.807) is 28.8 Å². The molecule has 11 heteroatoms. The lowest BCUT2D eigenvalue weighted by Crippen LogP contribution is -2.07. The van der Waals surface area contributed by atoms with Crippen LogP contribution in [0.3, 0.4) is 0 Å². The van der Waals surface area contributed by atoms with Gasteiger partial charge in [0.1, 0.15) is 11.3 Å². The number of fused-ring (bicyclic) bond motifs is 1. The molecule has 0 saturated carbocycles. The minimum Gasteiger partial charge on any atom is -0.482 e. The molecule has 4 aromatic rings. The number of unbranched alkanes of at least 4 members (excludes halogenated alkanes) is 2. The van der Waals surface area contributed by atoms with Crippen molar-refractivity contribution in [3.05, 3.63) is 87.0 Å². The SMILES string of the molecule is COC(=O)CCCCCOc1c([N+](=O)[O-])cc2nc(-c3ccccc3)n(-c3ccccc3)c2c1[N+](=O)[O-]. The second-order valence-electron chi connectivity index (χ2n) is 8.16. The third-order valence-electron chi connectivity index (χ3n) is 5.77. The van der Waals surface area contributed by atoms with Crippen molar-refractivity contribution in [3.63, 3.8) is 0 Å². The first kappa shape index (κ1) is 25.3. The lowest BCUT2D eigenvalue weighted by atomic mass is 10.2. The van der Waals surface area contributed by atoms with Gasteiger partial charge in [0.15, 0.2) is 5.52 Å². The Balaban J connectivity index is 1.85. The summed E-state index contributed by atoms with van der Waals surface area (Å²) in [6, 6.07) is 19.3. The van der Waals surface area contributed by atoms with Gasteiger partial charge < -0.3 is 9.47 Å². The third-order valence-corrected chi connectivity index (χ3v) is 5.77. The summed E-state index contributed by atoms with van der Waals surface area (Å²) in [5, 5.41) is 24.3. The Morgan fingerprint density at radius 2 is 1.62 bits per heavy atom. The van der Waals surface area contributed by atoms with Crippen molar-refractivity contribution in [3.8, 4) is 22.8 Å². The largest absolute Gasteiger partial charge is 0.482 e. The lowest BCUT2D eigenvalue weighted by molar-refractivity contribution is -0.395. The number of aromatic nitrogens is 2. The van der Waals surface area contributed by atoms with Crippen molar-refractivity contribution in [2.75, 3.05) is 13.7 Å². The number of esters is 1. The molecular weight excluding hydrogens is 480 g/mol. The van der Waals surface area contributed by atoms with Crippen LogP contribution < -0.4 is 4.74 Å². The average Bonchev–Trinajstić information content (AvgIpc) is 3.29. The maximum Gasteiger partial charge on any atom is 0.344 e. The van der Waals surface area contributed by atoms with Gasteiger partial charge in [-0.25, -0.2) is 4.98 Å². The highest BCUT2D eigenvalue weighted by atomic mass is 16.6. The Hall–Kier alpha value is -4.80. The van der Waals surface area contributed by atoms with Gasteiger partial charge in [0, 0.05) is 23.7 Å². The number of carbonyl (C=O) groups excluding carboxylic acids is 1. The third kappa shape index (κ3) is 5.40. The first-order chi connectivity index (χ1) is 17.9. The molecule has 1 aromatic heterocycles. The summed E-state index contributed by atoms with van der Waals surface area (Å²) in [6.07, 6.45) is 1.80. The predicted molar refractivity (Wildman–Crippen MR) is 136 cm³/mol. The predicted octanol–water partition coefficient (Wildman–Crippen LogP) is 5.62. The van der Waals surface area contributed by atoms with Crippen molar-refractivity contribution >= 4 is 28.4 Å². The van der Waals surface area contributed by atoms with Crippen LogP contribution >= 0.6 is 0 Å². The molecule has 0 aliphatic carbocycles. The van der Waals surface area contributed by atoms with Crippen LogP contribution in [0.5, 0.6) is 5.75 Å². The van der Waals surface area contributed by atoms with Gasteiger partial charge in [0.25, 0.3) is 5.75 Å². The van der Waals surface area contributed by atoms with Crippen LogP contribution in [0.25, 0.3) is 28.1 Å². The number of nitro groups is 2. The molecule has 0 amide bonds. The molecule has 0 spiro atoms. The zero-order valence-corrected chi connectivity index (χ0v) is 20.0. The Kier molecular flexibility index (Phi) is 7.72. The topological polar surface area (TPSA) is 140 Å². The van der Waals surface area contributed by atoms with Gasteiger partial charge in [-0.05, 0) is 31.4 Å². The highest BCUT2D eigenvalue weighted by Gasteiger charge is 2.35. The Morgan fingerprint density at radius 1 is 0.946 bits per heavy atom. The number of nitrogens with zero attached hydrogens (tertiary/aromatic N) is 4. The molecule has 3 aromatic carbocycles. The van der Waals surface area contributed by atoms with Crippen LogP contribution in [0.1, 0.15) is 25.7 Å². The van der Waals surface area contributed by atoms with Gasteiger partial charge in [-0.3, -0.25) is 29.6 Å². The maximum atomic E-state index is 12.4. The number of benzene rings is 3. The summed E-state index contributed by atoms with van der Waals surface area (Å²) in [7, 11) is 1.31. The van der Waals surface area contributed by atoms with E-state index in [9.17, 15) is 25.0 Å². The van der Waals surface area contributed by atoms with Crippen LogP contribution in [0.4, 0.5) is 11.4 Å². The standard InChI is InChI=1S/C26H24N4O7/c1-36-22(31)15-9-4-10-16-37-25-21(29(32)33)17-20-23(24(25)30(34)35)28(19-13-7-3-8-14-19)26(27-20)18-11-5-2-6-12-18/h2-3,5-8,11-14,17H,4,9-10,15-16H2,1H3. The normalized spacial score (nSPS) is 10.8. The Morgan fingerprint density at radius 3 is 2.24 bits per heavy atom. The van der Waals surface area contributed by atoms with E-state index in [1.165, 1.54) is 13.2 Å². The van der Waals surface area contributed by atoms with Gasteiger partial charge in [-0.2, -0.15) is 0 Å². The molecule has 0 unspecified atom stereocenters. The van der Waals surface area contributed by atoms with Gasteiger partial charge in [-0.1, -0.05) is 48.5 Å². The second-order valence-corrected chi connectivity index (χ2v) is 8.16. The van der Waals surface area contributed by atoms with Crippen molar-refractivity contribution in [1.29, 1.82) is 0 Å². The van der Waals surface area contributed by atoms with E-state index >= 15 is 0 Å². The van der Waals surface area contributed by atoms with Crippen molar-refractivity contribution in [1.82, 2.24) is 9.55 Å². The van der Waals surface area contributed by atoms with Crippen LogP contribution in [0, 0.1) is 20.2 Å². The number of imidazole rings is 1. The monoisotopic (exact) mass is 504 g/mol. The van der Waals surface area contributed by atoms with Crippen molar-refractivity contribution in [2.45, 2.75) is 25.7 Å². The average molecular weight is 504 g/mol. The van der Waals surface area contributed by atoms with E-state index in [2.05, 4.69) is 9.72 Å².